The van der Waals surface area contributed by atoms with Gasteiger partial charge in [-0.3, -0.25) is 0 Å². The largest absolute Gasteiger partial charge is 0.497 e. The summed E-state index contributed by atoms with van der Waals surface area (Å²) < 4.78 is 10.3. The average molecular weight is 362 g/mol. The summed E-state index contributed by atoms with van der Waals surface area (Å²) in [5.74, 6) is 1.25. The highest BCUT2D eigenvalue weighted by atomic mass is 16.6. The summed E-state index contributed by atoms with van der Waals surface area (Å²) in [5.41, 5.74) is 6.68. The van der Waals surface area contributed by atoms with Crippen molar-refractivity contribution in [2.24, 2.45) is 5.73 Å². The van der Waals surface area contributed by atoms with Crippen LogP contribution in [0.3, 0.4) is 0 Å². The van der Waals surface area contributed by atoms with Crippen LogP contribution < -0.4 is 15.8 Å². The van der Waals surface area contributed by atoms with E-state index >= 15 is 0 Å². The molecular weight excluding hydrogens is 336 g/mol. The quantitative estimate of drug-likeness (QED) is 0.765. The van der Waals surface area contributed by atoms with Crippen molar-refractivity contribution in [2.45, 2.75) is 45.4 Å². The van der Waals surface area contributed by atoms with E-state index in [4.69, 9.17) is 15.2 Å². The number of nitrogens with zero attached hydrogens (tertiary/aromatic N) is 4. The van der Waals surface area contributed by atoms with Crippen molar-refractivity contribution in [1.29, 1.82) is 0 Å². The lowest BCUT2D eigenvalue weighted by molar-refractivity contribution is 0.0525. The average Bonchev–Trinajstić information content (AvgIpc) is 3.03. The van der Waals surface area contributed by atoms with Crippen molar-refractivity contribution >= 4 is 6.09 Å². The number of carbonyl (C=O) groups is 1. The molecule has 0 spiro atoms. The molecule has 1 heterocycles. The van der Waals surface area contributed by atoms with Gasteiger partial charge in [-0.2, -0.15) is 4.80 Å². The van der Waals surface area contributed by atoms with Crippen LogP contribution in [0.5, 0.6) is 5.75 Å². The van der Waals surface area contributed by atoms with Gasteiger partial charge < -0.3 is 20.5 Å². The van der Waals surface area contributed by atoms with Gasteiger partial charge in [0, 0.05) is 6.54 Å². The molecule has 1 aromatic carbocycles. The summed E-state index contributed by atoms with van der Waals surface area (Å²) >= 11 is 0. The van der Waals surface area contributed by atoms with E-state index in [1.165, 1.54) is 4.80 Å². The Kier molecular flexibility index (Phi) is 6.51. The van der Waals surface area contributed by atoms with E-state index in [9.17, 15) is 4.79 Å². The zero-order valence-corrected chi connectivity index (χ0v) is 15.6. The van der Waals surface area contributed by atoms with Crippen LogP contribution in [0.4, 0.5) is 4.79 Å². The van der Waals surface area contributed by atoms with Gasteiger partial charge in [-0.1, -0.05) is 12.1 Å². The first-order valence-electron chi connectivity index (χ1n) is 8.40. The number of benzene rings is 1. The third-order valence-electron chi connectivity index (χ3n) is 3.39. The first-order valence-corrected chi connectivity index (χ1v) is 8.40. The van der Waals surface area contributed by atoms with E-state index < -0.39 is 11.7 Å². The SMILES string of the molecule is COc1ccc(CC(N)c2nnn(CCNC(=O)OC(C)(C)C)n2)cc1. The first kappa shape index (κ1) is 19.6. The Labute approximate surface area is 152 Å². The summed E-state index contributed by atoms with van der Waals surface area (Å²) in [5, 5.41) is 14.9. The molecule has 1 atom stereocenters. The van der Waals surface area contributed by atoms with Gasteiger partial charge in [0.15, 0.2) is 5.82 Å². The van der Waals surface area contributed by atoms with Crippen LogP contribution in [0.2, 0.25) is 0 Å². The van der Waals surface area contributed by atoms with E-state index in [0.29, 0.717) is 25.3 Å². The Bertz CT molecular complexity index is 708. The Morgan fingerprint density at radius 3 is 2.62 bits per heavy atom. The fourth-order valence-corrected chi connectivity index (χ4v) is 2.18. The predicted octanol–water partition coefficient (Wildman–Crippen LogP) is 1.45. The smallest absolute Gasteiger partial charge is 0.407 e. The van der Waals surface area contributed by atoms with Gasteiger partial charge in [-0.05, 0) is 50.1 Å². The summed E-state index contributed by atoms with van der Waals surface area (Å²) in [6, 6.07) is 7.31. The van der Waals surface area contributed by atoms with Gasteiger partial charge in [0.05, 0.1) is 19.7 Å². The van der Waals surface area contributed by atoms with Gasteiger partial charge in [0.25, 0.3) is 0 Å². The monoisotopic (exact) mass is 362 g/mol. The standard InChI is InChI=1S/C17H26N6O3/c1-17(2,3)26-16(24)19-9-10-23-21-15(20-22-23)14(18)11-12-5-7-13(25-4)8-6-12/h5-8,14H,9-11,18H2,1-4H3,(H,19,24). The topological polar surface area (TPSA) is 117 Å². The molecule has 2 rings (SSSR count). The Hall–Kier alpha value is -2.68. The minimum absolute atomic E-state index is 0.332. The molecule has 0 aliphatic heterocycles. The van der Waals surface area contributed by atoms with Crippen molar-refractivity contribution < 1.29 is 14.3 Å². The highest BCUT2D eigenvalue weighted by Gasteiger charge is 2.16. The molecule has 0 saturated heterocycles. The van der Waals surface area contributed by atoms with Gasteiger partial charge >= 0.3 is 6.09 Å². The molecule has 0 bridgehead atoms. The molecule has 2 aromatic rings. The second-order valence-corrected chi connectivity index (χ2v) is 6.83. The third-order valence-corrected chi connectivity index (χ3v) is 3.39. The molecule has 0 radical (unpaired) electrons. The zero-order chi connectivity index (χ0) is 19.2. The van der Waals surface area contributed by atoms with E-state index in [1.807, 2.05) is 45.0 Å². The van der Waals surface area contributed by atoms with Crippen molar-refractivity contribution in [1.82, 2.24) is 25.5 Å². The van der Waals surface area contributed by atoms with Crippen LogP contribution in [-0.2, 0) is 17.7 Å². The molecule has 1 aromatic heterocycles. The summed E-state index contributed by atoms with van der Waals surface area (Å²) in [7, 11) is 1.63. The number of nitrogens with two attached hydrogens (primary N) is 1. The number of carbonyl (C=O) groups excluding carboxylic acids is 1. The fourth-order valence-electron chi connectivity index (χ4n) is 2.18. The van der Waals surface area contributed by atoms with E-state index in [2.05, 4.69) is 20.7 Å². The van der Waals surface area contributed by atoms with Crippen LogP contribution in [0.15, 0.2) is 24.3 Å². The number of tetrazole rings is 1. The van der Waals surface area contributed by atoms with E-state index in [0.717, 1.165) is 11.3 Å². The Morgan fingerprint density at radius 1 is 1.31 bits per heavy atom. The first-order chi connectivity index (χ1) is 12.3. The van der Waals surface area contributed by atoms with Crippen molar-refractivity contribution in [2.75, 3.05) is 13.7 Å². The maximum Gasteiger partial charge on any atom is 0.407 e. The van der Waals surface area contributed by atoms with E-state index in [1.54, 1.807) is 7.11 Å². The Morgan fingerprint density at radius 2 is 2.00 bits per heavy atom. The lowest BCUT2D eigenvalue weighted by Crippen LogP contribution is -2.34. The Balaban J connectivity index is 1.81. The van der Waals surface area contributed by atoms with Crippen molar-refractivity contribution in [3.8, 4) is 5.75 Å². The van der Waals surface area contributed by atoms with Crippen molar-refractivity contribution in [3.05, 3.63) is 35.7 Å². The molecule has 3 N–H and O–H groups in total. The third kappa shape index (κ3) is 6.32. The molecule has 142 valence electrons. The number of alkyl carbamates (subject to hydrolysis) is 1. The zero-order valence-electron chi connectivity index (χ0n) is 15.6. The number of rotatable bonds is 7. The van der Waals surface area contributed by atoms with Gasteiger partial charge in [-0.25, -0.2) is 4.79 Å². The second kappa shape index (κ2) is 8.61. The normalized spacial score (nSPS) is 12.5. The molecule has 0 aliphatic carbocycles. The molecule has 1 amide bonds. The number of ether oxygens (including phenoxy) is 2. The van der Waals surface area contributed by atoms with Crippen LogP contribution in [-0.4, -0.2) is 45.6 Å². The number of amides is 1. The fraction of sp³-hybridized carbons (Fsp3) is 0.529. The summed E-state index contributed by atoms with van der Waals surface area (Å²) in [4.78, 5) is 13.0. The van der Waals surface area contributed by atoms with Crippen LogP contribution in [0.1, 0.15) is 38.2 Å². The lowest BCUT2D eigenvalue weighted by Gasteiger charge is -2.19. The van der Waals surface area contributed by atoms with Crippen molar-refractivity contribution in [3.63, 3.8) is 0 Å². The highest BCUT2D eigenvalue weighted by Crippen LogP contribution is 2.16. The lowest BCUT2D eigenvalue weighted by atomic mass is 10.1. The minimum atomic E-state index is -0.531. The van der Waals surface area contributed by atoms with E-state index in [-0.39, 0.29) is 6.04 Å². The molecule has 0 fully saturated rings. The summed E-state index contributed by atoms with van der Waals surface area (Å²) in [6.07, 6.45) is 0.111. The van der Waals surface area contributed by atoms with Crippen LogP contribution >= 0.6 is 0 Å². The molecule has 0 saturated carbocycles. The predicted molar refractivity (Wildman–Crippen MR) is 95.7 cm³/mol. The molecular formula is C17H26N6O3. The number of methoxy groups -OCH3 is 1. The molecule has 0 aliphatic rings. The molecule has 1 unspecified atom stereocenters. The number of aromatic nitrogens is 4. The molecule has 26 heavy (non-hydrogen) atoms. The maximum absolute atomic E-state index is 11.6. The highest BCUT2D eigenvalue weighted by molar-refractivity contribution is 5.67. The number of nitrogens with one attached hydrogen (secondary N) is 1. The summed E-state index contributed by atoms with van der Waals surface area (Å²) in [6.45, 7) is 6.13. The second-order valence-electron chi connectivity index (χ2n) is 6.83. The molecule has 9 heteroatoms. The van der Waals surface area contributed by atoms with Gasteiger partial charge in [0.1, 0.15) is 11.4 Å². The van der Waals surface area contributed by atoms with Crippen LogP contribution in [0.25, 0.3) is 0 Å². The van der Waals surface area contributed by atoms with Gasteiger partial charge in [0.2, 0.25) is 0 Å². The van der Waals surface area contributed by atoms with Crippen LogP contribution in [0, 0.1) is 0 Å². The number of hydrogen-bond acceptors (Lipinski definition) is 7. The number of hydrogen-bond donors (Lipinski definition) is 2. The molecule has 9 nitrogen and oxygen atoms in total. The van der Waals surface area contributed by atoms with Gasteiger partial charge in [-0.15, -0.1) is 10.2 Å². The minimum Gasteiger partial charge on any atom is -0.497 e. The maximum atomic E-state index is 11.6.